The summed E-state index contributed by atoms with van der Waals surface area (Å²) in [5.41, 5.74) is 1.26. The molecule has 15 heavy (non-hydrogen) atoms. The molecule has 0 fully saturated rings. The minimum Gasteiger partial charge on any atom is -0.308 e. The summed E-state index contributed by atoms with van der Waals surface area (Å²) < 4.78 is 0. The van der Waals surface area contributed by atoms with Crippen LogP contribution in [0.5, 0.6) is 0 Å². The molecule has 0 amide bonds. The van der Waals surface area contributed by atoms with Crippen molar-refractivity contribution in [2.24, 2.45) is 0 Å². The van der Waals surface area contributed by atoms with E-state index >= 15 is 0 Å². The molecule has 0 radical (unpaired) electrons. The number of rotatable bonds is 6. The molecule has 2 heteroatoms. The summed E-state index contributed by atoms with van der Waals surface area (Å²) >= 11 is 0. The van der Waals surface area contributed by atoms with Crippen LogP contribution in [-0.4, -0.2) is 11.0 Å². The van der Waals surface area contributed by atoms with Gasteiger partial charge in [-0.3, -0.25) is 4.98 Å². The summed E-state index contributed by atoms with van der Waals surface area (Å²) in [5, 5.41) is 3.59. The van der Waals surface area contributed by atoms with Gasteiger partial charge >= 0.3 is 0 Å². The van der Waals surface area contributed by atoms with Gasteiger partial charge in [0.25, 0.3) is 0 Å². The lowest BCUT2D eigenvalue weighted by Crippen LogP contribution is -2.28. The van der Waals surface area contributed by atoms with E-state index in [0.717, 1.165) is 0 Å². The van der Waals surface area contributed by atoms with E-state index in [-0.39, 0.29) is 0 Å². The summed E-state index contributed by atoms with van der Waals surface area (Å²) in [6.45, 7) is 6.68. The second kappa shape index (κ2) is 6.57. The monoisotopic (exact) mass is 206 g/mol. The van der Waals surface area contributed by atoms with Gasteiger partial charge in [-0.05, 0) is 31.9 Å². The fourth-order valence-electron chi connectivity index (χ4n) is 1.75. The fraction of sp³-hybridized carbons (Fsp3) is 0.615. The van der Waals surface area contributed by atoms with Crippen molar-refractivity contribution >= 4 is 0 Å². The van der Waals surface area contributed by atoms with Crippen LogP contribution in [-0.2, 0) is 0 Å². The molecule has 0 spiro atoms. The average Bonchev–Trinajstić information content (AvgIpc) is 2.27. The summed E-state index contributed by atoms with van der Waals surface area (Å²) in [6.07, 6.45) is 7.57. The first-order chi connectivity index (χ1) is 7.24. The molecular weight excluding hydrogens is 184 g/mol. The maximum atomic E-state index is 4.14. The second-order valence-electron chi connectivity index (χ2n) is 4.22. The Labute approximate surface area is 93.1 Å². The highest BCUT2D eigenvalue weighted by molar-refractivity contribution is 5.12. The SMILES string of the molecule is CCCCC(C)N[C@H](C)c1cccnc1. The molecule has 1 aromatic heterocycles. The van der Waals surface area contributed by atoms with Gasteiger partial charge in [-0.25, -0.2) is 0 Å². The third-order valence-corrected chi connectivity index (χ3v) is 2.71. The Morgan fingerprint density at radius 1 is 1.40 bits per heavy atom. The highest BCUT2D eigenvalue weighted by Crippen LogP contribution is 2.12. The van der Waals surface area contributed by atoms with E-state index in [1.807, 2.05) is 18.5 Å². The van der Waals surface area contributed by atoms with Gasteiger partial charge in [0, 0.05) is 24.5 Å². The molecule has 1 rings (SSSR count). The number of unbranched alkanes of at least 4 members (excludes halogenated alkanes) is 1. The maximum absolute atomic E-state index is 4.14. The Hall–Kier alpha value is -0.890. The molecule has 1 aromatic rings. The highest BCUT2D eigenvalue weighted by Gasteiger charge is 2.08. The van der Waals surface area contributed by atoms with Gasteiger partial charge in [0.2, 0.25) is 0 Å². The zero-order valence-electron chi connectivity index (χ0n) is 10.0. The third kappa shape index (κ3) is 4.43. The van der Waals surface area contributed by atoms with Crippen molar-refractivity contribution in [2.75, 3.05) is 0 Å². The zero-order chi connectivity index (χ0) is 11.1. The molecule has 0 bridgehead atoms. The van der Waals surface area contributed by atoms with Crippen LogP contribution >= 0.6 is 0 Å². The Morgan fingerprint density at radius 2 is 2.20 bits per heavy atom. The summed E-state index contributed by atoms with van der Waals surface area (Å²) in [6, 6.07) is 5.09. The molecule has 0 aliphatic rings. The quantitative estimate of drug-likeness (QED) is 0.772. The van der Waals surface area contributed by atoms with Crippen LogP contribution in [0.2, 0.25) is 0 Å². The predicted octanol–water partition coefficient (Wildman–Crippen LogP) is 3.31. The summed E-state index contributed by atoms with van der Waals surface area (Å²) in [7, 11) is 0. The number of hydrogen-bond acceptors (Lipinski definition) is 2. The van der Waals surface area contributed by atoms with Crippen molar-refractivity contribution in [2.45, 2.75) is 52.1 Å². The average molecular weight is 206 g/mol. The normalized spacial score (nSPS) is 14.9. The molecule has 1 heterocycles. The number of pyridine rings is 1. The zero-order valence-corrected chi connectivity index (χ0v) is 10.0. The highest BCUT2D eigenvalue weighted by atomic mass is 14.9. The van der Waals surface area contributed by atoms with Gasteiger partial charge in [0.1, 0.15) is 0 Å². The molecule has 84 valence electrons. The van der Waals surface area contributed by atoms with Crippen molar-refractivity contribution in [3.63, 3.8) is 0 Å². The van der Waals surface area contributed by atoms with E-state index in [1.165, 1.54) is 24.8 Å². The summed E-state index contributed by atoms with van der Waals surface area (Å²) in [5.74, 6) is 0. The van der Waals surface area contributed by atoms with E-state index in [2.05, 4.69) is 37.1 Å². The Morgan fingerprint density at radius 3 is 2.80 bits per heavy atom. The molecule has 2 nitrogen and oxygen atoms in total. The molecule has 1 N–H and O–H groups in total. The van der Waals surface area contributed by atoms with E-state index in [4.69, 9.17) is 0 Å². The Bertz CT molecular complexity index is 258. The van der Waals surface area contributed by atoms with Crippen LogP contribution in [0.15, 0.2) is 24.5 Å². The molecule has 2 atom stereocenters. The van der Waals surface area contributed by atoms with Crippen LogP contribution in [0.1, 0.15) is 51.6 Å². The van der Waals surface area contributed by atoms with Crippen LogP contribution in [0.4, 0.5) is 0 Å². The van der Waals surface area contributed by atoms with Gasteiger partial charge in [-0.15, -0.1) is 0 Å². The molecule has 0 aromatic carbocycles. The van der Waals surface area contributed by atoms with Gasteiger partial charge in [0.15, 0.2) is 0 Å². The summed E-state index contributed by atoms with van der Waals surface area (Å²) in [4.78, 5) is 4.14. The van der Waals surface area contributed by atoms with Gasteiger partial charge < -0.3 is 5.32 Å². The van der Waals surface area contributed by atoms with Crippen molar-refractivity contribution in [1.82, 2.24) is 10.3 Å². The standard InChI is InChI=1S/C13H22N2/c1-4-5-7-11(2)15-12(3)13-8-6-9-14-10-13/h6,8-12,15H,4-5,7H2,1-3H3/t11?,12-/m1/s1. The number of nitrogens with zero attached hydrogens (tertiary/aromatic N) is 1. The fourth-order valence-corrected chi connectivity index (χ4v) is 1.75. The van der Waals surface area contributed by atoms with E-state index in [0.29, 0.717) is 12.1 Å². The van der Waals surface area contributed by atoms with Crippen LogP contribution in [0, 0.1) is 0 Å². The van der Waals surface area contributed by atoms with E-state index < -0.39 is 0 Å². The lowest BCUT2D eigenvalue weighted by Gasteiger charge is -2.19. The predicted molar refractivity (Wildman–Crippen MR) is 64.8 cm³/mol. The first-order valence-corrected chi connectivity index (χ1v) is 5.90. The molecule has 0 aliphatic carbocycles. The first-order valence-electron chi connectivity index (χ1n) is 5.90. The smallest absolute Gasteiger partial charge is 0.0315 e. The number of hydrogen-bond donors (Lipinski definition) is 1. The van der Waals surface area contributed by atoms with Gasteiger partial charge in [-0.1, -0.05) is 25.8 Å². The first kappa shape index (κ1) is 12.2. The molecule has 0 aliphatic heterocycles. The largest absolute Gasteiger partial charge is 0.308 e. The minimum atomic E-state index is 0.394. The van der Waals surface area contributed by atoms with E-state index in [1.54, 1.807) is 0 Å². The van der Waals surface area contributed by atoms with Crippen LogP contribution in [0.3, 0.4) is 0 Å². The second-order valence-corrected chi connectivity index (χ2v) is 4.22. The van der Waals surface area contributed by atoms with Gasteiger partial charge in [-0.2, -0.15) is 0 Å². The van der Waals surface area contributed by atoms with Crippen LogP contribution in [0.25, 0.3) is 0 Å². The Kier molecular flexibility index (Phi) is 5.33. The van der Waals surface area contributed by atoms with Crippen molar-refractivity contribution < 1.29 is 0 Å². The van der Waals surface area contributed by atoms with Crippen molar-refractivity contribution in [3.8, 4) is 0 Å². The molecular formula is C13H22N2. The third-order valence-electron chi connectivity index (χ3n) is 2.71. The van der Waals surface area contributed by atoms with Gasteiger partial charge in [0.05, 0.1) is 0 Å². The molecule has 0 saturated carbocycles. The number of aromatic nitrogens is 1. The van der Waals surface area contributed by atoms with Crippen molar-refractivity contribution in [1.29, 1.82) is 0 Å². The number of nitrogens with one attached hydrogen (secondary N) is 1. The van der Waals surface area contributed by atoms with E-state index in [9.17, 15) is 0 Å². The lowest BCUT2D eigenvalue weighted by atomic mass is 10.1. The Balaban J connectivity index is 2.38. The van der Waals surface area contributed by atoms with Crippen LogP contribution < -0.4 is 5.32 Å². The topological polar surface area (TPSA) is 24.9 Å². The molecule has 0 saturated heterocycles. The maximum Gasteiger partial charge on any atom is 0.0315 e. The minimum absolute atomic E-state index is 0.394. The molecule has 1 unspecified atom stereocenters. The lowest BCUT2D eigenvalue weighted by molar-refractivity contribution is 0.444. The van der Waals surface area contributed by atoms with Crippen molar-refractivity contribution in [3.05, 3.63) is 30.1 Å².